The van der Waals surface area contributed by atoms with Crippen molar-refractivity contribution < 1.29 is 18.3 Å². The Labute approximate surface area is 120 Å². The molecule has 6 heteroatoms. The largest absolute Gasteiger partial charge is 0.455 e. The molecule has 0 radical (unpaired) electrons. The number of anilines is 2. The first-order chi connectivity index (χ1) is 9.88. The van der Waals surface area contributed by atoms with Gasteiger partial charge in [0, 0.05) is 16.9 Å². The van der Waals surface area contributed by atoms with Crippen molar-refractivity contribution >= 4 is 17.3 Å². The summed E-state index contributed by atoms with van der Waals surface area (Å²) in [7, 11) is 0. The second-order valence-corrected chi connectivity index (χ2v) is 4.53. The van der Waals surface area contributed by atoms with E-state index < -0.39 is 18.5 Å². The highest BCUT2D eigenvalue weighted by molar-refractivity contribution is 5.91. The molecule has 2 rings (SSSR count). The first-order valence-corrected chi connectivity index (χ1v) is 6.15. The van der Waals surface area contributed by atoms with E-state index in [0.717, 1.165) is 0 Å². The summed E-state index contributed by atoms with van der Waals surface area (Å²) in [6.07, 6.45) is 0. The van der Waals surface area contributed by atoms with E-state index in [0.29, 0.717) is 0 Å². The van der Waals surface area contributed by atoms with Gasteiger partial charge in [0.2, 0.25) is 0 Å². The number of hydrogen-bond donors (Lipinski definition) is 2. The summed E-state index contributed by atoms with van der Waals surface area (Å²) in [5.74, 6) is -4.16. The Balaban J connectivity index is 2.07. The van der Waals surface area contributed by atoms with Crippen molar-refractivity contribution in [1.29, 1.82) is 0 Å². The van der Waals surface area contributed by atoms with Gasteiger partial charge in [0.15, 0.2) is 6.61 Å². The van der Waals surface area contributed by atoms with Gasteiger partial charge in [0.05, 0.1) is 5.56 Å². The van der Waals surface area contributed by atoms with Gasteiger partial charge in [0.1, 0.15) is 0 Å². The van der Waals surface area contributed by atoms with Crippen molar-refractivity contribution in [2.45, 2.75) is 5.92 Å². The van der Waals surface area contributed by atoms with E-state index in [2.05, 4.69) is 4.74 Å². The average molecular weight is 292 g/mol. The third-order valence-electron chi connectivity index (χ3n) is 2.79. The van der Waals surface area contributed by atoms with Crippen molar-refractivity contribution in [3.63, 3.8) is 0 Å². The standard InChI is InChI=1S/C15H14F2N2O2/c16-15(17,11-4-2-1-3-5-11)9-21-14(20)10-6-12(18)8-13(19)7-10/h1-8H,9,18-19H2. The number of hydrogen-bond acceptors (Lipinski definition) is 4. The van der Waals surface area contributed by atoms with Gasteiger partial charge in [-0.3, -0.25) is 0 Å². The Bertz CT molecular complexity index is 625. The molecule has 4 nitrogen and oxygen atoms in total. The van der Waals surface area contributed by atoms with Crippen LogP contribution in [0.4, 0.5) is 20.2 Å². The molecule has 0 unspecified atom stereocenters. The van der Waals surface area contributed by atoms with Gasteiger partial charge in [0.25, 0.3) is 0 Å². The zero-order valence-electron chi connectivity index (χ0n) is 11.1. The van der Waals surface area contributed by atoms with E-state index >= 15 is 0 Å². The number of nitrogens with two attached hydrogens (primary N) is 2. The maximum Gasteiger partial charge on any atom is 0.338 e. The molecule has 21 heavy (non-hydrogen) atoms. The van der Waals surface area contributed by atoms with E-state index in [1.165, 1.54) is 42.5 Å². The minimum atomic E-state index is -3.26. The zero-order chi connectivity index (χ0) is 15.5. The lowest BCUT2D eigenvalue weighted by molar-refractivity contribution is -0.0661. The molecule has 0 saturated carbocycles. The van der Waals surface area contributed by atoms with Gasteiger partial charge in [-0.15, -0.1) is 0 Å². The fraction of sp³-hybridized carbons (Fsp3) is 0.133. The molecule has 0 aliphatic carbocycles. The van der Waals surface area contributed by atoms with Crippen molar-refractivity contribution in [1.82, 2.24) is 0 Å². The Morgan fingerprint density at radius 3 is 2.19 bits per heavy atom. The Kier molecular flexibility index (Phi) is 4.07. The van der Waals surface area contributed by atoms with Crippen LogP contribution in [0.5, 0.6) is 0 Å². The molecule has 0 aromatic heterocycles. The van der Waals surface area contributed by atoms with E-state index in [4.69, 9.17) is 11.5 Å². The van der Waals surface area contributed by atoms with Crippen LogP contribution in [0.2, 0.25) is 0 Å². The highest BCUT2D eigenvalue weighted by atomic mass is 19.3. The lowest BCUT2D eigenvalue weighted by Crippen LogP contribution is -2.23. The van der Waals surface area contributed by atoms with Crippen molar-refractivity contribution in [3.8, 4) is 0 Å². The van der Waals surface area contributed by atoms with Gasteiger partial charge < -0.3 is 16.2 Å². The molecule has 2 aromatic carbocycles. The monoisotopic (exact) mass is 292 g/mol. The summed E-state index contributed by atoms with van der Waals surface area (Å²) in [6, 6.07) is 11.2. The zero-order valence-corrected chi connectivity index (χ0v) is 11.1. The summed E-state index contributed by atoms with van der Waals surface area (Å²) in [5, 5.41) is 0. The van der Waals surface area contributed by atoms with Crippen LogP contribution in [-0.4, -0.2) is 12.6 Å². The number of benzene rings is 2. The second-order valence-electron chi connectivity index (χ2n) is 4.53. The highest BCUT2D eigenvalue weighted by Gasteiger charge is 2.33. The molecule has 0 fully saturated rings. The van der Waals surface area contributed by atoms with Crippen LogP contribution in [0.1, 0.15) is 15.9 Å². The molecular formula is C15H14F2N2O2. The normalized spacial score (nSPS) is 11.1. The number of esters is 1. The number of nitrogen functional groups attached to an aromatic ring is 2. The molecule has 110 valence electrons. The number of halogens is 2. The third kappa shape index (κ3) is 3.68. The van der Waals surface area contributed by atoms with E-state index in [-0.39, 0.29) is 22.5 Å². The first-order valence-electron chi connectivity index (χ1n) is 6.15. The SMILES string of the molecule is Nc1cc(N)cc(C(=O)OCC(F)(F)c2ccccc2)c1. The molecule has 0 saturated heterocycles. The molecule has 0 bridgehead atoms. The van der Waals surface area contributed by atoms with Crippen LogP contribution in [0.25, 0.3) is 0 Å². The molecule has 4 N–H and O–H groups in total. The summed E-state index contributed by atoms with van der Waals surface area (Å²) in [5.41, 5.74) is 11.4. The maximum atomic E-state index is 13.9. The van der Waals surface area contributed by atoms with Crippen LogP contribution in [0, 0.1) is 0 Å². The molecule has 0 atom stereocenters. The third-order valence-corrected chi connectivity index (χ3v) is 2.79. The Morgan fingerprint density at radius 1 is 1.05 bits per heavy atom. The van der Waals surface area contributed by atoms with Crippen LogP contribution >= 0.6 is 0 Å². The van der Waals surface area contributed by atoms with Gasteiger partial charge in [-0.1, -0.05) is 30.3 Å². The number of carbonyl (C=O) groups excluding carboxylic acids is 1. The topological polar surface area (TPSA) is 78.3 Å². The summed E-state index contributed by atoms with van der Waals surface area (Å²) in [6.45, 7) is -1.05. The molecule has 0 aliphatic rings. The minimum absolute atomic E-state index is 0.0383. The Hall–Kier alpha value is -2.63. The summed E-state index contributed by atoms with van der Waals surface area (Å²) < 4.78 is 32.4. The van der Waals surface area contributed by atoms with Crippen LogP contribution in [0.3, 0.4) is 0 Å². The van der Waals surface area contributed by atoms with Crippen molar-refractivity contribution in [2.24, 2.45) is 0 Å². The average Bonchev–Trinajstić information content (AvgIpc) is 2.45. The van der Waals surface area contributed by atoms with E-state index in [9.17, 15) is 13.6 Å². The first kappa shape index (κ1) is 14.8. The quantitative estimate of drug-likeness (QED) is 0.671. The van der Waals surface area contributed by atoms with Crippen LogP contribution in [0.15, 0.2) is 48.5 Å². The van der Waals surface area contributed by atoms with Gasteiger partial charge in [-0.2, -0.15) is 8.78 Å². The number of rotatable bonds is 4. The highest BCUT2D eigenvalue weighted by Crippen LogP contribution is 2.28. The summed E-state index contributed by atoms with van der Waals surface area (Å²) >= 11 is 0. The maximum absolute atomic E-state index is 13.9. The van der Waals surface area contributed by atoms with Crippen LogP contribution < -0.4 is 11.5 Å². The lowest BCUT2D eigenvalue weighted by atomic mass is 10.1. The molecule has 2 aromatic rings. The molecular weight excluding hydrogens is 278 g/mol. The van der Waals surface area contributed by atoms with E-state index in [1.54, 1.807) is 6.07 Å². The smallest absolute Gasteiger partial charge is 0.338 e. The summed E-state index contributed by atoms with van der Waals surface area (Å²) in [4.78, 5) is 11.8. The fourth-order valence-corrected chi connectivity index (χ4v) is 1.80. The minimum Gasteiger partial charge on any atom is -0.455 e. The lowest BCUT2D eigenvalue weighted by Gasteiger charge is -2.16. The molecule has 0 spiro atoms. The van der Waals surface area contributed by atoms with E-state index in [1.807, 2.05) is 0 Å². The molecule has 0 aliphatic heterocycles. The second kappa shape index (κ2) is 5.78. The van der Waals surface area contributed by atoms with Gasteiger partial charge in [-0.05, 0) is 18.2 Å². The van der Waals surface area contributed by atoms with Crippen molar-refractivity contribution in [2.75, 3.05) is 18.1 Å². The fourth-order valence-electron chi connectivity index (χ4n) is 1.80. The number of alkyl halides is 2. The Morgan fingerprint density at radius 2 is 1.62 bits per heavy atom. The van der Waals surface area contributed by atoms with Gasteiger partial charge >= 0.3 is 11.9 Å². The predicted octanol–water partition coefficient (Wildman–Crippen LogP) is 2.80. The van der Waals surface area contributed by atoms with Crippen molar-refractivity contribution in [3.05, 3.63) is 59.7 Å². The number of ether oxygens (including phenoxy) is 1. The molecule has 0 amide bonds. The number of carbonyl (C=O) groups is 1. The predicted molar refractivity (Wildman–Crippen MR) is 75.9 cm³/mol. The van der Waals surface area contributed by atoms with Gasteiger partial charge in [-0.25, -0.2) is 4.79 Å². The van der Waals surface area contributed by atoms with Crippen LogP contribution in [-0.2, 0) is 10.7 Å². The molecule has 0 heterocycles.